The Balaban J connectivity index is 0.000000152. The van der Waals surface area contributed by atoms with E-state index in [1.165, 1.54) is 75.3 Å². The molecule has 2 aliphatic carbocycles. The molecule has 0 amide bonds. The van der Waals surface area contributed by atoms with Gasteiger partial charge in [0.05, 0.1) is 12.2 Å². The summed E-state index contributed by atoms with van der Waals surface area (Å²) in [6, 6.07) is 20.8. The maximum absolute atomic E-state index is 5.52. The van der Waals surface area contributed by atoms with Crippen LogP contribution in [0, 0.1) is 0 Å². The van der Waals surface area contributed by atoms with Crippen LogP contribution in [0.15, 0.2) is 60.7 Å². The standard InChI is InChI=1S/C12H22O2.C12H10/c1-3-7-11(8-4-1)13-14-12-9-5-2-6-10-12;1-3-7-11(8-4-1)12-9-5-2-6-10-12/h11-12H,1-10H2;1-10H. The zero-order chi connectivity index (χ0) is 17.9. The van der Waals surface area contributed by atoms with E-state index in [0.29, 0.717) is 12.2 Å². The van der Waals surface area contributed by atoms with Crippen molar-refractivity contribution in [2.45, 2.75) is 76.4 Å². The van der Waals surface area contributed by atoms with Crippen molar-refractivity contribution in [1.82, 2.24) is 0 Å². The fraction of sp³-hybridized carbons (Fsp3) is 0.500. The second-order valence-corrected chi connectivity index (χ2v) is 7.44. The van der Waals surface area contributed by atoms with Gasteiger partial charge in [-0.3, -0.25) is 0 Å². The van der Waals surface area contributed by atoms with Crippen molar-refractivity contribution in [2.24, 2.45) is 0 Å². The first-order valence-corrected chi connectivity index (χ1v) is 10.3. The quantitative estimate of drug-likeness (QED) is 0.437. The zero-order valence-electron chi connectivity index (χ0n) is 15.8. The van der Waals surface area contributed by atoms with Crippen molar-refractivity contribution in [1.29, 1.82) is 0 Å². The average molecular weight is 353 g/mol. The zero-order valence-corrected chi connectivity index (χ0v) is 15.8. The number of rotatable bonds is 4. The second kappa shape index (κ2) is 11.2. The number of hydrogen-bond acceptors (Lipinski definition) is 2. The molecule has 2 heteroatoms. The van der Waals surface area contributed by atoms with E-state index in [9.17, 15) is 0 Å². The van der Waals surface area contributed by atoms with Crippen molar-refractivity contribution in [2.75, 3.05) is 0 Å². The molecular weight excluding hydrogens is 320 g/mol. The Bertz CT molecular complexity index is 529. The molecule has 0 atom stereocenters. The first kappa shape index (κ1) is 19.1. The van der Waals surface area contributed by atoms with Crippen LogP contribution in [-0.4, -0.2) is 12.2 Å². The molecule has 0 N–H and O–H groups in total. The monoisotopic (exact) mass is 352 g/mol. The van der Waals surface area contributed by atoms with Gasteiger partial charge in [-0.05, 0) is 36.8 Å². The minimum absolute atomic E-state index is 0.394. The van der Waals surface area contributed by atoms with Crippen LogP contribution >= 0.6 is 0 Å². The Hall–Kier alpha value is -1.64. The summed E-state index contributed by atoms with van der Waals surface area (Å²) in [6.45, 7) is 0. The first-order valence-electron chi connectivity index (χ1n) is 10.3. The largest absolute Gasteiger partial charge is 0.233 e. The fourth-order valence-electron chi connectivity index (χ4n) is 3.74. The average Bonchev–Trinajstić information content (AvgIpc) is 2.75. The van der Waals surface area contributed by atoms with Gasteiger partial charge < -0.3 is 0 Å². The molecule has 2 fully saturated rings. The third-order valence-electron chi connectivity index (χ3n) is 5.31. The van der Waals surface area contributed by atoms with E-state index in [4.69, 9.17) is 9.78 Å². The van der Waals surface area contributed by atoms with Gasteiger partial charge in [0.15, 0.2) is 0 Å². The molecule has 2 saturated carbocycles. The van der Waals surface area contributed by atoms with Crippen LogP contribution in [-0.2, 0) is 9.78 Å². The van der Waals surface area contributed by atoms with Gasteiger partial charge in [0, 0.05) is 0 Å². The Labute approximate surface area is 158 Å². The SMILES string of the molecule is C1CCC(OOC2CCCCC2)CC1.c1ccc(-c2ccccc2)cc1. The lowest BCUT2D eigenvalue weighted by atomic mass is 9.98. The summed E-state index contributed by atoms with van der Waals surface area (Å²) in [4.78, 5) is 11.0. The highest BCUT2D eigenvalue weighted by Crippen LogP contribution is 2.24. The lowest BCUT2D eigenvalue weighted by Gasteiger charge is -2.25. The molecule has 0 radical (unpaired) electrons. The van der Waals surface area contributed by atoms with Gasteiger partial charge in [0.2, 0.25) is 0 Å². The highest BCUT2D eigenvalue weighted by Gasteiger charge is 2.19. The van der Waals surface area contributed by atoms with Gasteiger partial charge in [-0.2, -0.15) is 0 Å². The number of hydrogen-bond donors (Lipinski definition) is 0. The van der Waals surface area contributed by atoms with E-state index >= 15 is 0 Å². The Kier molecular flexibility index (Phi) is 8.21. The molecule has 0 aromatic heterocycles. The molecule has 0 bridgehead atoms. The summed E-state index contributed by atoms with van der Waals surface area (Å²) in [5.74, 6) is 0. The summed E-state index contributed by atoms with van der Waals surface area (Å²) >= 11 is 0. The smallest absolute Gasteiger partial charge is 0.0930 e. The predicted octanol–water partition coefficient (Wildman–Crippen LogP) is 6.95. The Morgan fingerprint density at radius 3 is 1.15 bits per heavy atom. The molecule has 0 aliphatic heterocycles. The summed E-state index contributed by atoms with van der Waals surface area (Å²) in [6.07, 6.45) is 13.6. The Morgan fingerprint density at radius 2 is 0.808 bits per heavy atom. The van der Waals surface area contributed by atoms with Gasteiger partial charge in [-0.25, -0.2) is 9.78 Å². The van der Waals surface area contributed by atoms with Crippen molar-refractivity contribution >= 4 is 0 Å². The van der Waals surface area contributed by atoms with Crippen molar-refractivity contribution in [3.05, 3.63) is 60.7 Å². The minimum atomic E-state index is 0.394. The summed E-state index contributed by atoms with van der Waals surface area (Å²) in [7, 11) is 0. The highest BCUT2D eigenvalue weighted by molar-refractivity contribution is 5.62. The fourth-order valence-corrected chi connectivity index (χ4v) is 3.74. The third-order valence-corrected chi connectivity index (χ3v) is 5.31. The van der Waals surface area contributed by atoms with Gasteiger partial charge in [-0.15, -0.1) is 0 Å². The number of benzene rings is 2. The maximum atomic E-state index is 5.52. The topological polar surface area (TPSA) is 18.5 Å². The van der Waals surface area contributed by atoms with Gasteiger partial charge in [0.1, 0.15) is 0 Å². The van der Waals surface area contributed by atoms with E-state index < -0.39 is 0 Å². The van der Waals surface area contributed by atoms with E-state index in [2.05, 4.69) is 48.5 Å². The van der Waals surface area contributed by atoms with Crippen LogP contribution in [0.5, 0.6) is 0 Å². The van der Waals surface area contributed by atoms with Gasteiger partial charge >= 0.3 is 0 Å². The maximum Gasteiger partial charge on any atom is 0.0930 e. The van der Waals surface area contributed by atoms with E-state index in [-0.39, 0.29) is 0 Å². The van der Waals surface area contributed by atoms with Crippen LogP contribution in [0.25, 0.3) is 11.1 Å². The molecule has 2 nitrogen and oxygen atoms in total. The molecule has 4 rings (SSSR count). The van der Waals surface area contributed by atoms with E-state index in [1.807, 2.05) is 12.1 Å². The lowest BCUT2D eigenvalue weighted by molar-refractivity contribution is -0.358. The second-order valence-electron chi connectivity index (χ2n) is 7.44. The van der Waals surface area contributed by atoms with Crippen LogP contribution in [0.2, 0.25) is 0 Å². The summed E-state index contributed by atoms with van der Waals surface area (Å²) < 4.78 is 0. The lowest BCUT2D eigenvalue weighted by Crippen LogP contribution is -2.23. The van der Waals surface area contributed by atoms with Gasteiger partial charge in [-0.1, -0.05) is 99.2 Å². The Morgan fingerprint density at radius 1 is 0.462 bits per heavy atom. The molecule has 0 saturated heterocycles. The summed E-state index contributed by atoms with van der Waals surface area (Å²) in [5.41, 5.74) is 2.55. The molecule has 2 aliphatic rings. The van der Waals surface area contributed by atoms with Crippen molar-refractivity contribution in [3.8, 4) is 11.1 Å². The molecule has 140 valence electrons. The van der Waals surface area contributed by atoms with E-state index in [1.54, 1.807) is 0 Å². The summed E-state index contributed by atoms with van der Waals surface area (Å²) in [5, 5.41) is 0. The molecule has 0 heterocycles. The van der Waals surface area contributed by atoms with Crippen LogP contribution in [0.4, 0.5) is 0 Å². The van der Waals surface area contributed by atoms with E-state index in [0.717, 1.165) is 0 Å². The molecule has 2 aromatic rings. The van der Waals surface area contributed by atoms with Crippen molar-refractivity contribution < 1.29 is 9.78 Å². The van der Waals surface area contributed by atoms with Crippen LogP contribution in [0.1, 0.15) is 64.2 Å². The molecule has 2 aromatic carbocycles. The normalized spacial score (nSPS) is 18.8. The molecular formula is C24H32O2. The molecule has 0 spiro atoms. The minimum Gasteiger partial charge on any atom is -0.233 e. The van der Waals surface area contributed by atoms with Gasteiger partial charge in [0.25, 0.3) is 0 Å². The molecule has 26 heavy (non-hydrogen) atoms. The predicted molar refractivity (Wildman–Crippen MR) is 108 cm³/mol. The van der Waals surface area contributed by atoms with Crippen molar-refractivity contribution in [3.63, 3.8) is 0 Å². The molecule has 0 unspecified atom stereocenters. The highest BCUT2D eigenvalue weighted by atomic mass is 17.2. The van der Waals surface area contributed by atoms with Crippen LogP contribution in [0.3, 0.4) is 0 Å². The van der Waals surface area contributed by atoms with Crippen LogP contribution < -0.4 is 0 Å². The third kappa shape index (κ3) is 6.59. The first-order chi connectivity index (χ1) is 12.9.